The van der Waals surface area contributed by atoms with Gasteiger partial charge in [0, 0.05) is 0 Å². The lowest BCUT2D eigenvalue weighted by Crippen LogP contribution is -2.09. The van der Waals surface area contributed by atoms with Gasteiger partial charge in [-0.25, -0.2) is 18.6 Å². The number of pyridine rings is 1. The standard InChI is InChI=1S/C8H6F2N2O5/c1-17-6-4(7(9)10)3(12(15)16)2-11-5(6)8(13)14/h2,7H,1H3,(H,13,14). The molecule has 0 unspecified atom stereocenters. The normalized spacial score (nSPS) is 10.4. The fourth-order valence-corrected chi connectivity index (χ4v) is 1.21. The van der Waals surface area contributed by atoms with E-state index in [1.165, 1.54) is 0 Å². The highest BCUT2D eigenvalue weighted by Gasteiger charge is 2.31. The van der Waals surface area contributed by atoms with E-state index in [1.54, 1.807) is 0 Å². The molecule has 0 aromatic carbocycles. The maximum absolute atomic E-state index is 12.7. The Labute approximate surface area is 92.8 Å². The second-order valence-corrected chi connectivity index (χ2v) is 2.80. The largest absolute Gasteiger partial charge is 0.493 e. The minimum absolute atomic E-state index is 0.466. The molecule has 1 heterocycles. The number of carboxylic acids is 1. The van der Waals surface area contributed by atoms with Crippen LogP contribution in [0.3, 0.4) is 0 Å². The number of ether oxygens (including phenoxy) is 1. The molecule has 1 aromatic rings. The molecular weight excluding hydrogens is 242 g/mol. The zero-order valence-corrected chi connectivity index (χ0v) is 8.39. The Morgan fingerprint density at radius 2 is 2.24 bits per heavy atom. The van der Waals surface area contributed by atoms with Crippen LogP contribution in [0.5, 0.6) is 5.75 Å². The van der Waals surface area contributed by atoms with E-state index in [2.05, 4.69) is 9.72 Å². The van der Waals surface area contributed by atoms with Crippen LogP contribution in [0, 0.1) is 10.1 Å². The minimum atomic E-state index is -3.24. The third-order valence-electron chi connectivity index (χ3n) is 1.87. The van der Waals surface area contributed by atoms with Crippen molar-refractivity contribution in [2.24, 2.45) is 0 Å². The summed E-state index contributed by atoms with van der Waals surface area (Å²) in [5.74, 6) is -2.42. The van der Waals surface area contributed by atoms with E-state index in [9.17, 15) is 23.7 Å². The van der Waals surface area contributed by atoms with Crippen LogP contribution in [0.15, 0.2) is 6.20 Å². The number of halogens is 2. The SMILES string of the molecule is COc1c(C(=O)O)ncc([N+](=O)[O-])c1C(F)F. The molecule has 9 heteroatoms. The molecule has 1 rings (SSSR count). The highest BCUT2D eigenvalue weighted by atomic mass is 19.3. The van der Waals surface area contributed by atoms with Crippen molar-refractivity contribution < 1.29 is 28.3 Å². The molecular formula is C8H6F2N2O5. The van der Waals surface area contributed by atoms with E-state index >= 15 is 0 Å². The summed E-state index contributed by atoms with van der Waals surface area (Å²) in [6, 6.07) is 0. The number of nitro groups is 1. The number of carbonyl (C=O) groups is 1. The number of nitrogens with zero attached hydrogens (tertiary/aromatic N) is 2. The van der Waals surface area contributed by atoms with Crippen LogP contribution in [-0.2, 0) is 0 Å². The summed E-state index contributed by atoms with van der Waals surface area (Å²) >= 11 is 0. The number of rotatable bonds is 4. The van der Waals surface area contributed by atoms with E-state index in [0.717, 1.165) is 7.11 Å². The van der Waals surface area contributed by atoms with Crippen LogP contribution in [0.25, 0.3) is 0 Å². The van der Waals surface area contributed by atoms with Crippen LogP contribution < -0.4 is 4.74 Å². The lowest BCUT2D eigenvalue weighted by atomic mass is 10.1. The molecule has 1 aromatic heterocycles. The molecule has 0 saturated carbocycles. The van der Waals surface area contributed by atoms with E-state index < -0.39 is 40.0 Å². The van der Waals surface area contributed by atoms with Crippen molar-refractivity contribution in [1.29, 1.82) is 0 Å². The Kier molecular flexibility index (Phi) is 3.51. The zero-order chi connectivity index (χ0) is 13.2. The van der Waals surface area contributed by atoms with Gasteiger partial charge in [-0.05, 0) is 0 Å². The Morgan fingerprint density at radius 3 is 2.59 bits per heavy atom. The first-order valence-electron chi connectivity index (χ1n) is 4.12. The molecule has 0 atom stereocenters. The number of hydrogen-bond acceptors (Lipinski definition) is 5. The molecule has 0 spiro atoms. The number of carboxylic acid groups (broad SMARTS) is 1. The number of aromatic nitrogens is 1. The van der Waals surface area contributed by atoms with Crippen LogP contribution in [-0.4, -0.2) is 28.1 Å². The summed E-state index contributed by atoms with van der Waals surface area (Å²) < 4.78 is 29.8. The van der Waals surface area contributed by atoms with E-state index in [0.29, 0.717) is 6.20 Å². The van der Waals surface area contributed by atoms with Gasteiger partial charge in [-0.1, -0.05) is 0 Å². The predicted molar refractivity (Wildman–Crippen MR) is 49.4 cm³/mol. The molecule has 1 N–H and O–H groups in total. The average molecular weight is 248 g/mol. The maximum atomic E-state index is 12.7. The Hall–Kier alpha value is -2.32. The van der Waals surface area contributed by atoms with Gasteiger partial charge in [-0.2, -0.15) is 0 Å². The fourth-order valence-electron chi connectivity index (χ4n) is 1.21. The summed E-state index contributed by atoms with van der Waals surface area (Å²) in [6.07, 6.45) is -2.78. The second kappa shape index (κ2) is 4.68. The molecule has 0 saturated heterocycles. The summed E-state index contributed by atoms with van der Waals surface area (Å²) in [5.41, 5.74) is -2.87. The lowest BCUT2D eigenvalue weighted by molar-refractivity contribution is -0.386. The molecule has 0 bridgehead atoms. The first kappa shape index (κ1) is 12.7. The minimum Gasteiger partial charge on any atom is -0.493 e. The van der Waals surface area contributed by atoms with Crippen molar-refractivity contribution in [3.8, 4) is 5.75 Å². The molecule has 7 nitrogen and oxygen atoms in total. The van der Waals surface area contributed by atoms with Gasteiger partial charge in [0.25, 0.3) is 12.1 Å². The van der Waals surface area contributed by atoms with Gasteiger partial charge in [-0.3, -0.25) is 10.1 Å². The first-order valence-corrected chi connectivity index (χ1v) is 4.12. The van der Waals surface area contributed by atoms with Crippen molar-refractivity contribution in [2.75, 3.05) is 7.11 Å². The summed E-state index contributed by atoms with van der Waals surface area (Å²) in [6.45, 7) is 0. The van der Waals surface area contributed by atoms with Gasteiger partial charge in [0.2, 0.25) is 0 Å². The summed E-state index contributed by atoms with van der Waals surface area (Å²) in [7, 11) is 0.930. The van der Waals surface area contributed by atoms with E-state index in [1.807, 2.05) is 0 Å². The smallest absolute Gasteiger partial charge is 0.358 e. The number of alkyl halides is 2. The molecule has 0 aliphatic heterocycles. The molecule has 92 valence electrons. The topological polar surface area (TPSA) is 103 Å². The van der Waals surface area contributed by atoms with Crippen molar-refractivity contribution in [1.82, 2.24) is 4.98 Å². The zero-order valence-electron chi connectivity index (χ0n) is 8.39. The monoisotopic (exact) mass is 248 g/mol. The summed E-state index contributed by atoms with van der Waals surface area (Å²) in [4.78, 5) is 23.3. The van der Waals surface area contributed by atoms with Gasteiger partial charge < -0.3 is 9.84 Å². The van der Waals surface area contributed by atoms with E-state index in [4.69, 9.17) is 5.11 Å². The average Bonchev–Trinajstić information content (AvgIpc) is 2.26. The number of aromatic carboxylic acids is 1. The highest BCUT2D eigenvalue weighted by Crippen LogP contribution is 2.37. The summed E-state index contributed by atoms with van der Waals surface area (Å²) in [5, 5.41) is 19.2. The third kappa shape index (κ3) is 2.27. The fraction of sp³-hybridized carbons (Fsp3) is 0.250. The predicted octanol–water partition coefficient (Wildman–Crippen LogP) is 1.63. The quantitative estimate of drug-likeness (QED) is 0.641. The van der Waals surface area contributed by atoms with Crippen molar-refractivity contribution >= 4 is 11.7 Å². The first-order chi connectivity index (χ1) is 7.90. The van der Waals surface area contributed by atoms with Crippen molar-refractivity contribution in [3.05, 3.63) is 27.6 Å². The Bertz CT molecular complexity index is 477. The second-order valence-electron chi connectivity index (χ2n) is 2.80. The van der Waals surface area contributed by atoms with Gasteiger partial charge >= 0.3 is 5.97 Å². The van der Waals surface area contributed by atoms with Gasteiger partial charge in [0.05, 0.1) is 12.0 Å². The van der Waals surface area contributed by atoms with Gasteiger partial charge in [0.1, 0.15) is 11.8 Å². The Balaban J connectivity index is 3.61. The number of hydrogen-bond donors (Lipinski definition) is 1. The molecule has 0 fully saturated rings. The molecule has 0 aliphatic rings. The van der Waals surface area contributed by atoms with Crippen molar-refractivity contribution in [2.45, 2.75) is 6.43 Å². The Morgan fingerprint density at radius 1 is 1.65 bits per heavy atom. The van der Waals surface area contributed by atoms with E-state index in [-0.39, 0.29) is 0 Å². The third-order valence-corrected chi connectivity index (χ3v) is 1.87. The molecule has 0 aliphatic carbocycles. The van der Waals surface area contributed by atoms with Gasteiger partial charge in [-0.15, -0.1) is 0 Å². The molecule has 17 heavy (non-hydrogen) atoms. The van der Waals surface area contributed by atoms with Crippen molar-refractivity contribution in [3.63, 3.8) is 0 Å². The molecule has 0 radical (unpaired) electrons. The molecule has 0 amide bonds. The van der Waals surface area contributed by atoms with Crippen LogP contribution >= 0.6 is 0 Å². The van der Waals surface area contributed by atoms with Crippen LogP contribution in [0.2, 0.25) is 0 Å². The number of methoxy groups -OCH3 is 1. The lowest BCUT2D eigenvalue weighted by Gasteiger charge is -2.09. The van der Waals surface area contributed by atoms with Crippen LogP contribution in [0.1, 0.15) is 22.5 Å². The highest BCUT2D eigenvalue weighted by molar-refractivity contribution is 5.89. The van der Waals surface area contributed by atoms with Crippen LogP contribution in [0.4, 0.5) is 14.5 Å². The maximum Gasteiger partial charge on any atom is 0.358 e. The van der Waals surface area contributed by atoms with Gasteiger partial charge in [0.15, 0.2) is 11.4 Å².